The molecule has 4 rings (SSSR count). The van der Waals surface area contributed by atoms with Crippen LogP contribution in [0.2, 0.25) is 0 Å². The lowest BCUT2D eigenvalue weighted by Gasteiger charge is -2.33. The summed E-state index contributed by atoms with van der Waals surface area (Å²) in [7, 11) is 0. The Bertz CT molecular complexity index is 1040. The molecule has 2 aromatic rings. The van der Waals surface area contributed by atoms with Crippen LogP contribution in [0.5, 0.6) is 17.2 Å². The number of hydrogen-bond donors (Lipinski definition) is 3. The Morgan fingerprint density at radius 2 is 1.50 bits per heavy atom. The number of phenolic OH excluding ortho intramolecular Hbond substituents is 3. The number of carbonyl (C=O) groups excluding carboxylic acids is 3. The van der Waals surface area contributed by atoms with Crippen LogP contribution in [0.4, 0.5) is 0 Å². The van der Waals surface area contributed by atoms with Crippen LogP contribution < -0.4 is 0 Å². The molecule has 0 fully saturated rings. The average Bonchev–Trinajstić information content (AvgIpc) is 2.52. The number of fused-ring (bicyclic) bond motifs is 4. The summed E-state index contributed by atoms with van der Waals surface area (Å²) in [6.07, 6.45) is 0.719. The Hall–Kier alpha value is -3.15. The molecule has 132 valence electrons. The third-order valence-electron chi connectivity index (χ3n) is 5.06. The van der Waals surface area contributed by atoms with Crippen molar-refractivity contribution in [2.24, 2.45) is 5.41 Å². The first-order valence-electron chi connectivity index (χ1n) is 8.19. The minimum atomic E-state index is -0.791. The van der Waals surface area contributed by atoms with Gasteiger partial charge >= 0.3 is 0 Å². The average molecular weight is 352 g/mol. The maximum atomic E-state index is 13.0. The van der Waals surface area contributed by atoms with E-state index in [1.54, 1.807) is 0 Å². The highest BCUT2D eigenvalue weighted by Crippen LogP contribution is 2.45. The van der Waals surface area contributed by atoms with Gasteiger partial charge < -0.3 is 15.3 Å². The van der Waals surface area contributed by atoms with Crippen molar-refractivity contribution < 1.29 is 29.7 Å². The molecule has 26 heavy (non-hydrogen) atoms. The topological polar surface area (TPSA) is 112 Å². The Labute approximate surface area is 148 Å². The van der Waals surface area contributed by atoms with Gasteiger partial charge in [-0.05, 0) is 35.6 Å². The van der Waals surface area contributed by atoms with E-state index in [0.717, 1.165) is 6.07 Å². The second kappa shape index (κ2) is 4.94. The van der Waals surface area contributed by atoms with Crippen LogP contribution in [0.3, 0.4) is 0 Å². The van der Waals surface area contributed by atoms with Gasteiger partial charge in [0.15, 0.2) is 23.1 Å². The zero-order valence-electron chi connectivity index (χ0n) is 14.2. The van der Waals surface area contributed by atoms with Crippen molar-refractivity contribution in [1.29, 1.82) is 0 Å². The van der Waals surface area contributed by atoms with Crippen molar-refractivity contribution in [2.75, 3.05) is 0 Å². The summed E-state index contributed by atoms with van der Waals surface area (Å²) < 4.78 is 0. The van der Waals surface area contributed by atoms with Gasteiger partial charge in [-0.1, -0.05) is 13.8 Å². The minimum Gasteiger partial charge on any atom is -0.507 e. The summed E-state index contributed by atoms with van der Waals surface area (Å²) in [5.41, 5.74) is -0.458. The highest BCUT2D eigenvalue weighted by Gasteiger charge is 2.42. The Morgan fingerprint density at radius 1 is 0.808 bits per heavy atom. The van der Waals surface area contributed by atoms with Crippen LogP contribution in [-0.4, -0.2) is 32.7 Å². The van der Waals surface area contributed by atoms with E-state index in [1.165, 1.54) is 12.1 Å². The minimum absolute atomic E-state index is 0.0942. The van der Waals surface area contributed by atoms with Crippen LogP contribution in [0.15, 0.2) is 18.2 Å². The van der Waals surface area contributed by atoms with E-state index in [9.17, 15) is 29.7 Å². The van der Waals surface area contributed by atoms with Gasteiger partial charge in [-0.2, -0.15) is 0 Å². The van der Waals surface area contributed by atoms with Crippen LogP contribution >= 0.6 is 0 Å². The van der Waals surface area contributed by atoms with Crippen LogP contribution in [0, 0.1) is 5.41 Å². The fourth-order valence-electron chi connectivity index (χ4n) is 4.00. The van der Waals surface area contributed by atoms with Crippen molar-refractivity contribution in [3.8, 4) is 17.2 Å². The van der Waals surface area contributed by atoms with Crippen molar-refractivity contribution in [3.05, 3.63) is 51.6 Å². The van der Waals surface area contributed by atoms with Gasteiger partial charge in [0.25, 0.3) is 0 Å². The SMILES string of the molecule is CC1(C)CC(=O)c2c(cc(O)c3c2C(=O)c2ccc(O)c(O)c2C3=O)C1. The number of Topliss-reactive ketones (excluding diaryl/α,β-unsaturated/α-hetero) is 1. The van der Waals surface area contributed by atoms with Crippen molar-refractivity contribution >= 4 is 17.3 Å². The van der Waals surface area contributed by atoms with Gasteiger partial charge in [0.2, 0.25) is 5.78 Å². The van der Waals surface area contributed by atoms with E-state index in [4.69, 9.17) is 0 Å². The highest BCUT2D eigenvalue weighted by molar-refractivity contribution is 6.33. The molecule has 0 amide bonds. The number of aromatic hydroxyl groups is 3. The summed E-state index contributed by atoms with van der Waals surface area (Å²) in [5.74, 6) is -3.32. The van der Waals surface area contributed by atoms with E-state index < -0.39 is 28.8 Å². The molecule has 6 heteroatoms. The summed E-state index contributed by atoms with van der Waals surface area (Å²) >= 11 is 0. The lowest BCUT2D eigenvalue weighted by atomic mass is 9.69. The zero-order valence-corrected chi connectivity index (χ0v) is 14.2. The first kappa shape index (κ1) is 16.3. The van der Waals surface area contributed by atoms with Gasteiger partial charge in [0.1, 0.15) is 5.75 Å². The maximum absolute atomic E-state index is 13.0. The van der Waals surface area contributed by atoms with E-state index in [2.05, 4.69) is 0 Å². The molecule has 0 atom stereocenters. The number of hydrogen-bond acceptors (Lipinski definition) is 6. The fraction of sp³-hybridized carbons (Fsp3) is 0.250. The standard InChI is InChI=1S/C20H16O6/c1-20(2)6-8-5-11(22)15-16(13(8)12(23)7-20)17(24)9-3-4-10(21)18(25)14(9)19(15)26/h3-5,21-22,25H,6-7H2,1-2H3. The number of benzene rings is 2. The Kier molecular flexibility index (Phi) is 3.10. The molecule has 3 N–H and O–H groups in total. The molecule has 0 aromatic heterocycles. The fourth-order valence-corrected chi connectivity index (χ4v) is 4.00. The predicted octanol–water partition coefficient (Wildman–Crippen LogP) is 2.73. The van der Waals surface area contributed by atoms with E-state index in [-0.39, 0.29) is 45.4 Å². The second-order valence-electron chi connectivity index (χ2n) is 7.63. The maximum Gasteiger partial charge on any atom is 0.202 e. The Morgan fingerprint density at radius 3 is 2.19 bits per heavy atom. The monoisotopic (exact) mass is 352 g/mol. The normalized spacial score (nSPS) is 17.5. The molecule has 2 aliphatic rings. The molecule has 0 radical (unpaired) electrons. The molecule has 0 saturated heterocycles. The number of rotatable bonds is 0. The zero-order chi connectivity index (χ0) is 19.0. The van der Waals surface area contributed by atoms with Crippen molar-refractivity contribution in [3.63, 3.8) is 0 Å². The largest absolute Gasteiger partial charge is 0.507 e. The number of ketones is 3. The van der Waals surface area contributed by atoms with Crippen molar-refractivity contribution in [1.82, 2.24) is 0 Å². The molecular weight excluding hydrogens is 336 g/mol. The van der Waals surface area contributed by atoms with Gasteiger partial charge in [-0.25, -0.2) is 0 Å². The quantitative estimate of drug-likeness (QED) is 0.536. The Balaban J connectivity index is 2.07. The number of carbonyl (C=O) groups is 3. The molecule has 0 unspecified atom stereocenters. The molecule has 2 aliphatic carbocycles. The third-order valence-corrected chi connectivity index (χ3v) is 5.06. The molecule has 0 heterocycles. The van der Waals surface area contributed by atoms with E-state index >= 15 is 0 Å². The molecule has 0 saturated carbocycles. The summed E-state index contributed by atoms with van der Waals surface area (Å²) in [6.45, 7) is 3.85. The van der Waals surface area contributed by atoms with Gasteiger partial charge in [-0.3, -0.25) is 14.4 Å². The van der Waals surface area contributed by atoms with Crippen LogP contribution in [0.1, 0.15) is 68.0 Å². The second-order valence-corrected chi connectivity index (χ2v) is 7.63. The van der Waals surface area contributed by atoms with Gasteiger partial charge in [-0.15, -0.1) is 0 Å². The molecule has 0 spiro atoms. The number of phenols is 3. The summed E-state index contributed by atoms with van der Waals surface area (Å²) in [5, 5.41) is 30.1. The van der Waals surface area contributed by atoms with Gasteiger partial charge in [0, 0.05) is 23.1 Å². The lowest BCUT2D eigenvalue weighted by Crippen LogP contribution is -2.32. The van der Waals surface area contributed by atoms with Gasteiger partial charge in [0.05, 0.1) is 11.1 Å². The third kappa shape index (κ3) is 2.02. The molecular formula is C20H16O6. The summed E-state index contributed by atoms with van der Waals surface area (Å²) in [4.78, 5) is 38.6. The van der Waals surface area contributed by atoms with Crippen molar-refractivity contribution in [2.45, 2.75) is 26.7 Å². The van der Waals surface area contributed by atoms with Crippen LogP contribution in [-0.2, 0) is 6.42 Å². The molecule has 2 aromatic carbocycles. The van der Waals surface area contributed by atoms with E-state index in [1.807, 2.05) is 13.8 Å². The first-order valence-corrected chi connectivity index (χ1v) is 8.19. The summed E-state index contributed by atoms with van der Waals surface area (Å²) in [6, 6.07) is 3.70. The highest BCUT2D eigenvalue weighted by atomic mass is 16.3. The smallest absolute Gasteiger partial charge is 0.202 e. The molecule has 6 nitrogen and oxygen atoms in total. The van der Waals surface area contributed by atoms with Crippen LogP contribution in [0.25, 0.3) is 0 Å². The molecule has 0 bridgehead atoms. The first-order chi connectivity index (χ1) is 12.1. The molecule has 0 aliphatic heterocycles. The predicted molar refractivity (Wildman–Crippen MR) is 91.2 cm³/mol. The lowest BCUT2D eigenvalue weighted by molar-refractivity contribution is 0.0899. The van der Waals surface area contributed by atoms with E-state index in [0.29, 0.717) is 12.0 Å².